The van der Waals surface area contributed by atoms with Crippen molar-refractivity contribution >= 4 is 17.7 Å². The Morgan fingerprint density at radius 1 is 1.23 bits per heavy atom. The number of carbonyl (C=O) groups is 1. The van der Waals surface area contributed by atoms with Gasteiger partial charge in [0.25, 0.3) is 5.91 Å². The van der Waals surface area contributed by atoms with E-state index in [4.69, 9.17) is 4.74 Å². The Hall–Kier alpha value is -1.16. The van der Waals surface area contributed by atoms with Gasteiger partial charge in [-0.15, -0.1) is 0 Å². The van der Waals surface area contributed by atoms with Crippen molar-refractivity contribution in [2.75, 3.05) is 12.3 Å². The van der Waals surface area contributed by atoms with Crippen LogP contribution in [-0.4, -0.2) is 29.1 Å². The van der Waals surface area contributed by atoms with E-state index in [1.807, 2.05) is 44.7 Å². The first-order chi connectivity index (χ1) is 10.2. The normalized spacial score (nSPS) is 12.8. The SMILES string of the molecule is CC[C@H](Oc1cc(C)cc(C)c1)C(=O)NCCSC(C)(C)C. The molecule has 0 aliphatic heterocycles. The standard InChI is InChI=1S/C18H29NO2S/c1-7-16(17(20)19-8-9-22-18(4,5)6)21-15-11-13(2)10-14(3)12-15/h10-12,16H,7-9H2,1-6H3,(H,19,20)/t16-/m0/s1. The fourth-order valence-electron chi connectivity index (χ4n) is 2.13. The summed E-state index contributed by atoms with van der Waals surface area (Å²) < 4.78 is 6.09. The van der Waals surface area contributed by atoms with Crippen LogP contribution >= 0.6 is 11.8 Å². The molecule has 1 aromatic rings. The Morgan fingerprint density at radius 2 is 1.82 bits per heavy atom. The molecule has 0 spiro atoms. The van der Waals surface area contributed by atoms with Gasteiger partial charge in [0, 0.05) is 17.0 Å². The highest BCUT2D eigenvalue weighted by Crippen LogP contribution is 2.22. The minimum Gasteiger partial charge on any atom is -0.481 e. The van der Waals surface area contributed by atoms with Gasteiger partial charge in [-0.25, -0.2) is 0 Å². The number of rotatable bonds is 7. The zero-order valence-electron chi connectivity index (χ0n) is 14.7. The summed E-state index contributed by atoms with van der Waals surface area (Å²) >= 11 is 1.85. The number of hydrogen-bond acceptors (Lipinski definition) is 3. The van der Waals surface area contributed by atoms with Crippen LogP contribution in [0.15, 0.2) is 18.2 Å². The second-order valence-electron chi connectivity index (χ2n) is 6.59. The van der Waals surface area contributed by atoms with E-state index in [-0.39, 0.29) is 10.7 Å². The number of nitrogens with one attached hydrogen (secondary N) is 1. The molecule has 1 amide bonds. The van der Waals surface area contributed by atoms with Gasteiger partial charge in [0.05, 0.1) is 0 Å². The van der Waals surface area contributed by atoms with Crippen LogP contribution in [-0.2, 0) is 4.79 Å². The van der Waals surface area contributed by atoms with Crippen LogP contribution in [0.25, 0.3) is 0 Å². The highest BCUT2D eigenvalue weighted by atomic mass is 32.2. The van der Waals surface area contributed by atoms with Crippen molar-refractivity contribution in [3.63, 3.8) is 0 Å². The van der Waals surface area contributed by atoms with Gasteiger partial charge in [0.15, 0.2) is 6.10 Å². The fraction of sp³-hybridized carbons (Fsp3) is 0.611. The first-order valence-corrected chi connectivity index (χ1v) is 8.86. The van der Waals surface area contributed by atoms with Crippen molar-refractivity contribution in [2.45, 2.75) is 58.8 Å². The Morgan fingerprint density at radius 3 is 2.32 bits per heavy atom. The summed E-state index contributed by atoms with van der Waals surface area (Å²) in [6, 6.07) is 6.04. The molecule has 1 rings (SSSR count). The minimum absolute atomic E-state index is 0.0313. The van der Waals surface area contributed by atoms with Gasteiger partial charge in [0.1, 0.15) is 5.75 Å². The van der Waals surface area contributed by atoms with Crippen LogP contribution in [0.4, 0.5) is 0 Å². The third-order valence-corrected chi connectivity index (χ3v) is 4.35. The van der Waals surface area contributed by atoms with E-state index in [1.54, 1.807) is 0 Å². The van der Waals surface area contributed by atoms with Crippen LogP contribution in [0.2, 0.25) is 0 Å². The summed E-state index contributed by atoms with van der Waals surface area (Å²) in [6.45, 7) is 13.2. The molecule has 124 valence electrons. The molecule has 0 bridgehead atoms. The maximum atomic E-state index is 12.2. The van der Waals surface area contributed by atoms with Crippen molar-refractivity contribution in [1.29, 1.82) is 0 Å². The molecule has 0 fully saturated rings. The van der Waals surface area contributed by atoms with Crippen LogP contribution in [0.3, 0.4) is 0 Å². The van der Waals surface area contributed by atoms with Gasteiger partial charge in [-0.05, 0) is 43.5 Å². The number of benzene rings is 1. The largest absolute Gasteiger partial charge is 0.481 e. The summed E-state index contributed by atoms with van der Waals surface area (Å²) in [5, 5.41) is 2.97. The highest BCUT2D eigenvalue weighted by molar-refractivity contribution is 8.00. The monoisotopic (exact) mass is 323 g/mol. The lowest BCUT2D eigenvalue weighted by atomic mass is 10.1. The average Bonchev–Trinajstić information content (AvgIpc) is 2.38. The number of aryl methyl sites for hydroxylation is 2. The first-order valence-electron chi connectivity index (χ1n) is 7.88. The predicted octanol–water partition coefficient (Wildman–Crippen LogP) is 4.11. The maximum absolute atomic E-state index is 12.2. The Bertz CT molecular complexity index is 474. The quantitative estimate of drug-likeness (QED) is 0.768. The lowest BCUT2D eigenvalue weighted by molar-refractivity contribution is -0.127. The molecule has 0 aliphatic carbocycles. The predicted molar refractivity (Wildman–Crippen MR) is 95.8 cm³/mol. The maximum Gasteiger partial charge on any atom is 0.261 e. The third-order valence-electron chi connectivity index (χ3n) is 3.07. The topological polar surface area (TPSA) is 38.3 Å². The number of amides is 1. The Balaban J connectivity index is 2.50. The van der Waals surface area contributed by atoms with Gasteiger partial charge in [-0.2, -0.15) is 11.8 Å². The fourth-order valence-corrected chi connectivity index (χ4v) is 2.95. The van der Waals surface area contributed by atoms with Crippen molar-refractivity contribution in [1.82, 2.24) is 5.32 Å². The van der Waals surface area contributed by atoms with E-state index in [1.165, 1.54) is 0 Å². The van der Waals surface area contributed by atoms with Crippen LogP contribution in [0, 0.1) is 13.8 Å². The first kappa shape index (κ1) is 18.9. The second kappa shape index (κ2) is 8.47. The van der Waals surface area contributed by atoms with Gasteiger partial charge in [-0.1, -0.05) is 33.8 Å². The Kier molecular flexibility index (Phi) is 7.27. The molecular weight excluding hydrogens is 294 g/mol. The van der Waals surface area contributed by atoms with E-state index in [0.717, 1.165) is 22.6 Å². The summed E-state index contributed by atoms with van der Waals surface area (Å²) in [6.07, 6.45) is 0.228. The average molecular weight is 324 g/mol. The molecule has 0 unspecified atom stereocenters. The summed E-state index contributed by atoms with van der Waals surface area (Å²) in [7, 11) is 0. The van der Waals surface area contributed by atoms with E-state index in [9.17, 15) is 4.79 Å². The molecule has 0 heterocycles. The third kappa shape index (κ3) is 7.21. The Labute approximate surface area is 139 Å². The number of carbonyl (C=O) groups excluding carboxylic acids is 1. The summed E-state index contributed by atoms with van der Waals surface area (Å²) in [5.41, 5.74) is 2.29. The molecule has 0 saturated carbocycles. The lowest BCUT2D eigenvalue weighted by Crippen LogP contribution is -2.39. The van der Waals surface area contributed by atoms with Gasteiger partial charge in [-0.3, -0.25) is 4.79 Å². The van der Waals surface area contributed by atoms with Gasteiger partial charge >= 0.3 is 0 Å². The lowest BCUT2D eigenvalue weighted by Gasteiger charge is -2.20. The van der Waals surface area contributed by atoms with Gasteiger partial charge < -0.3 is 10.1 Å². The molecule has 0 aromatic heterocycles. The second-order valence-corrected chi connectivity index (χ2v) is 8.51. The molecule has 3 nitrogen and oxygen atoms in total. The molecule has 4 heteroatoms. The van der Waals surface area contributed by atoms with Crippen LogP contribution in [0.1, 0.15) is 45.2 Å². The molecule has 0 radical (unpaired) electrons. The molecule has 1 N–H and O–H groups in total. The van der Waals surface area contributed by atoms with E-state index in [0.29, 0.717) is 13.0 Å². The summed E-state index contributed by atoms with van der Waals surface area (Å²) in [4.78, 5) is 12.2. The summed E-state index contributed by atoms with van der Waals surface area (Å²) in [5.74, 6) is 1.65. The van der Waals surface area contributed by atoms with Crippen LogP contribution in [0.5, 0.6) is 5.75 Å². The van der Waals surface area contributed by atoms with Crippen molar-refractivity contribution in [2.24, 2.45) is 0 Å². The zero-order chi connectivity index (χ0) is 16.8. The zero-order valence-corrected chi connectivity index (χ0v) is 15.5. The number of ether oxygens (including phenoxy) is 1. The number of hydrogen-bond donors (Lipinski definition) is 1. The minimum atomic E-state index is -0.430. The molecule has 0 saturated heterocycles. The van der Waals surface area contributed by atoms with Crippen molar-refractivity contribution in [3.05, 3.63) is 29.3 Å². The van der Waals surface area contributed by atoms with E-state index >= 15 is 0 Å². The van der Waals surface area contributed by atoms with Crippen molar-refractivity contribution < 1.29 is 9.53 Å². The molecular formula is C18H29NO2S. The molecule has 22 heavy (non-hydrogen) atoms. The van der Waals surface area contributed by atoms with E-state index < -0.39 is 6.10 Å². The highest BCUT2D eigenvalue weighted by Gasteiger charge is 2.18. The van der Waals surface area contributed by atoms with Crippen LogP contribution < -0.4 is 10.1 Å². The van der Waals surface area contributed by atoms with Crippen molar-refractivity contribution in [3.8, 4) is 5.75 Å². The number of thioether (sulfide) groups is 1. The van der Waals surface area contributed by atoms with Gasteiger partial charge in [0.2, 0.25) is 0 Å². The molecule has 0 aliphatic rings. The smallest absolute Gasteiger partial charge is 0.261 e. The molecule has 1 aromatic carbocycles. The molecule has 1 atom stereocenters. The van der Waals surface area contributed by atoms with E-state index in [2.05, 4.69) is 32.2 Å².